The van der Waals surface area contributed by atoms with Gasteiger partial charge in [-0.25, -0.2) is 13.2 Å². The van der Waals surface area contributed by atoms with Crippen molar-refractivity contribution in [2.75, 3.05) is 24.0 Å². The molecule has 158 valence electrons. The number of amides is 1. The smallest absolute Gasteiger partial charge is 0.407 e. The molecule has 0 aliphatic carbocycles. The van der Waals surface area contributed by atoms with Crippen molar-refractivity contribution in [2.45, 2.75) is 24.8 Å². The Hall–Kier alpha value is -2.00. The van der Waals surface area contributed by atoms with E-state index in [1.807, 2.05) is 6.92 Å². The Labute approximate surface area is 180 Å². The van der Waals surface area contributed by atoms with E-state index >= 15 is 0 Å². The van der Waals surface area contributed by atoms with Crippen molar-refractivity contribution in [2.24, 2.45) is 0 Å². The van der Waals surface area contributed by atoms with Crippen LogP contribution in [-0.2, 0) is 21.4 Å². The number of nitrogens with one attached hydrogen (secondary N) is 1. The maximum Gasteiger partial charge on any atom is 0.407 e. The number of carbonyl (C=O) groups excluding carboxylic acids is 1. The number of carbonyl (C=O) groups is 1. The summed E-state index contributed by atoms with van der Waals surface area (Å²) in [6.45, 7) is 1.60. The van der Waals surface area contributed by atoms with Crippen molar-refractivity contribution >= 4 is 45.0 Å². The fraction of sp³-hybridized carbons (Fsp3) is 0.316. The average molecular weight is 461 g/mol. The van der Waals surface area contributed by atoms with Crippen LogP contribution in [0.15, 0.2) is 47.4 Å². The monoisotopic (exact) mass is 460 g/mol. The molecule has 0 aromatic heterocycles. The van der Waals surface area contributed by atoms with Crippen molar-refractivity contribution in [3.05, 3.63) is 58.1 Å². The molecule has 0 radical (unpaired) electrons. The number of halogens is 2. The summed E-state index contributed by atoms with van der Waals surface area (Å²) < 4.78 is 32.7. The Balaban J connectivity index is 2.37. The first-order chi connectivity index (χ1) is 13.8. The van der Waals surface area contributed by atoms with Gasteiger partial charge < -0.3 is 15.2 Å². The Kier molecular flexibility index (Phi) is 8.58. The average Bonchev–Trinajstić information content (AvgIpc) is 2.69. The van der Waals surface area contributed by atoms with Crippen LogP contribution >= 0.6 is 23.2 Å². The molecule has 0 spiro atoms. The first-order valence-corrected chi connectivity index (χ1v) is 11.1. The zero-order valence-corrected chi connectivity index (χ0v) is 18.1. The first kappa shape index (κ1) is 23.3. The van der Waals surface area contributed by atoms with Crippen LogP contribution in [0.5, 0.6) is 0 Å². The second kappa shape index (κ2) is 10.7. The summed E-state index contributed by atoms with van der Waals surface area (Å²) in [5.41, 5.74) is 0.565. The quantitative estimate of drug-likeness (QED) is 0.592. The summed E-state index contributed by atoms with van der Waals surface area (Å²) in [7, 11) is -4.04. The van der Waals surface area contributed by atoms with E-state index in [-0.39, 0.29) is 23.7 Å². The van der Waals surface area contributed by atoms with Crippen LogP contribution in [-0.4, -0.2) is 39.3 Å². The lowest BCUT2D eigenvalue weighted by molar-refractivity contribution is 0.149. The van der Waals surface area contributed by atoms with E-state index in [0.29, 0.717) is 22.2 Å². The third kappa shape index (κ3) is 6.24. The molecule has 0 aliphatic heterocycles. The molecule has 7 nitrogen and oxygen atoms in total. The van der Waals surface area contributed by atoms with Gasteiger partial charge in [0.2, 0.25) is 0 Å². The molecule has 0 fully saturated rings. The number of ether oxygens (including phenoxy) is 1. The second-order valence-corrected chi connectivity index (χ2v) is 8.76. The van der Waals surface area contributed by atoms with Crippen LogP contribution < -0.4 is 9.62 Å². The molecule has 0 saturated carbocycles. The largest absolute Gasteiger partial charge is 0.448 e. The van der Waals surface area contributed by atoms with Gasteiger partial charge in [0, 0.05) is 22.2 Å². The van der Waals surface area contributed by atoms with Gasteiger partial charge in [-0.1, -0.05) is 36.2 Å². The van der Waals surface area contributed by atoms with Gasteiger partial charge in [0.15, 0.2) is 0 Å². The van der Waals surface area contributed by atoms with Gasteiger partial charge in [-0.3, -0.25) is 4.31 Å². The number of aliphatic hydroxyl groups is 1. The number of rotatable bonds is 9. The minimum atomic E-state index is -4.04. The third-order valence-electron chi connectivity index (χ3n) is 3.93. The molecule has 10 heteroatoms. The van der Waals surface area contributed by atoms with Crippen LogP contribution in [0, 0.1) is 0 Å². The van der Waals surface area contributed by atoms with E-state index in [9.17, 15) is 18.3 Å². The lowest BCUT2D eigenvalue weighted by Gasteiger charge is -2.26. The summed E-state index contributed by atoms with van der Waals surface area (Å²) in [6.07, 6.45) is 0.110. The molecule has 1 amide bonds. The summed E-state index contributed by atoms with van der Waals surface area (Å²) in [6, 6.07) is 10.2. The number of aliphatic hydroxyl groups excluding tert-OH is 1. The molecule has 0 aliphatic rings. The van der Waals surface area contributed by atoms with Crippen LogP contribution in [0.25, 0.3) is 0 Å². The van der Waals surface area contributed by atoms with Gasteiger partial charge in [-0.2, -0.15) is 0 Å². The minimum Gasteiger partial charge on any atom is -0.448 e. The molecule has 0 heterocycles. The number of benzene rings is 2. The Morgan fingerprint density at radius 1 is 1.14 bits per heavy atom. The highest BCUT2D eigenvalue weighted by Crippen LogP contribution is 2.30. The Bertz CT molecular complexity index is 936. The molecule has 2 rings (SSSR count). The van der Waals surface area contributed by atoms with E-state index in [2.05, 4.69) is 5.32 Å². The summed E-state index contributed by atoms with van der Waals surface area (Å²) >= 11 is 11.9. The normalized spacial score (nSPS) is 11.2. The van der Waals surface area contributed by atoms with Gasteiger partial charge in [0.05, 0.1) is 23.7 Å². The molecular weight excluding hydrogens is 439 g/mol. The predicted octanol–water partition coefficient (Wildman–Crippen LogP) is 3.82. The Morgan fingerprint density at radius 3 is 2.41 bits per heavy atom. The van der Waals surface area contributed by atoms with Gasteiger partial charge in [0.1, 0.15) is 6.61 Å². The number of hydrogen-bond acceptors (Lipinski definition) is 5. The zero-order chi connectivity index (χ0) is 21.4. The molecule has 0 saturated heterocycles. The summed E-state index contributed by atoms with van der Waals surface area (Å²) in [4.78, 5) is 11.7. The van der Waals surface area contributed by atoms with Gasteiger partial charge in [0.25, 0.3) is 10.0 Å². The zero-order valence-electron chi connectivity index (χ0n) is 15.8. The fourth-order valence-electron chi connectivity index (χ4n) is 2.51. The van der Waals surface area contributed by atoms with E-state index in [1.165, 1.54) is 36.4 Å². The molecule has 0 atom stereocenters. The van der Waals surface area contributed by atoms with Crippen LogP contribution in [0.2, 0.25) is 10.0 Å². The molecule has 29 heavy (non-hydrogen) atoms. The number of alkyl carbamates (subject to hydrolysis) is 1. The first-order valence-electron chi connectivity index (χ1n) is 8.87. The van der Waals surface area contributed by atoms with Crippen LogP contribution in [0.4, 0.5) is 10.5 Å². The third-order valence-corrected chi connectivity index (χ3v) is 6.25. The molecule has 0 bridgehead atoms. The molecular formula is C19H22Cl2N2O5S. The van der Waals surface area contributed by atoms with E-state index < -0.39 is 22.7 Å². The topological polar surface area (TPSA) is 95.9 Å². The maximum atomic E-state index is 13.3. The SMILES string of the molecule is CCCNC(=O)OCCN(c1cc(Cl)ccc1CO)S(=O)(=O)c1ccc(Cl)cc1. The van der Waals surface area contributed by atoms with Crippen LogP contribution in [0.1, 0.15) is 18.9 Å². The summed E-state index contributed by atoms with van der Waals surface area (Å²) in [5, 5.41) is 12.9. The minimum absolute atomic E-state index is 0.00111. The standard InChI is InChI=1S/C19H22Cl2N2O5S/c1-2-9-22-19(25)28-11-10-23(18-12-16(21)4-3-14(18)13-24)29(26,27)17-7-5-15(20)6-8-17/h3-8,12,24H,2,9-11,13H2,1H3,(H,22,25). The number of hydrogen-bond donors (Lipinski definition) is 2. The van der Waals surface area contributed by atoms with Gasteiger partial charge >= 0.3 is 6.09 Å². The number of anilines is 1. The molecule has 2 N–H and O–H groups in total. The number of sulfonamides is 1. The highest BCUT2D eigenvalue weighted by atomic mass is 35.5. The lowest BCUT2D eigenvalue weighted by atomic mass is 10.2. The van der Waals surface area contributed by atoms with Gasteiger partial charge in [-0.15, -0.1) is 0 Å². The highest BCUT2D eigenvalue weighted by molar-refractivity contribution is 7.92. The molecule has 2 aromatic carbocycles. The maximum absolute atomic E-state index is 13.3. The van der Waals surface area contributed by atoms with E-state index in [1.54, 1.807) is 6.07 Å². The van der Waals surface area contributed by atoms with Crippen molar-refractivity contribution in [1.29, 1.82) is 0 Å². The fourth-order valence-corrected chi connectivity index (χ4v) is 4.28. The lowest BCUT2D eigenvalue weighted by Crippen LogP contribution is -2.36. The van der Waals surface area contributed by atoms with Crippen LogP contribution in [0.3, 0.4) is 0 Å². The predicted molar refractivity (Wildman–Crippen MR) is 113 cm³/mol. The van der Waals surface area contributed by atoms with E-state index in [4.69, 9.17) is 27.9 Å². The van der Waals surface area contributed by atoms with E-state index in [0.717, 1.165) is 10.7 Å². The number of nitrogens with zero attached hydrogens (tertiary/aromatic N) is 1. The summed E-state index contributed by atoms with van der Waals surface area (Å²) in [5.74, 6) is 0. The molecule has 2 aromatic rings. The van der Waals surface area contributed by atoms with Crippen molar-refractivity contribution < 1.29 is 23.1 Å². The second-order valence-electron chi connectivity index (χ2n) is 6.02. The van der Waals surface area contributed by atoms with Gasteiger partial charge in [-0.05, 0) is 42.8 Å². The van der Waals surface area contributed by atoms with Crippen molar-refractivity contribution in [3.63, 3.8) is 0 Å². The van der Waals surface area contributed by atoms with Crippen molar-refractivity contribution in [1.82, 2.24) is 5.32 Å². The van der Waals surface area contributed by atoms with Crippen molar-refractivity contribution in [3.8, 4) is 0 Å². The molecule has 0 unspecified atom stereocenters. The highest BCUT2D eigenvalue weighted by Gasteiger charge is 2.27. The Morgan fingerprint density at radius 2 is 1.79 bits per heavy atom.